The van der Waals surface area contributed by atoms with E-state index in [-0.39, 0.29) is 17.3 Å². The number of hydrogen-bond donors (Lipinski definition) is 0. The third-order valence-corrected chi connectivity index (χ3v) is 4.03. The Hall–Kier alpha value is 0.385. The summed E-state index contributed by atoms with van der Waals surface area (Å²) >= 11 is -0.269. The van der Waals surface area contributed by atoms with E-state index in [0.29, 0.717) is 0 Å². The third kappa shape index (κ3) is 7.46. The Labute approximate surface area is 90.7 Å². The molecule has 0 saturated heterocycles. The molecule has 0 nitrogen and oxygen atoms in total. The van der Waals surface area contributed by atoms with Gasteiger partial charge in [0.2, 0.25) is 0 Å². The Balaban J connectivity index is 0.000000310. The van der Waals surface area contributed by atoms with Gasteiger partial charge in [0, 0.05) is 0 Å². The molecule has 0 atom stereocenters. The summed E-state index contributed by atoms with van der Waals surface area (Å²) < 4.78 is 0. The molecule has 1 aliphatic rings. The van der Waals surface area contributed by atoms with Crippen LogP contribution in [-0.2, 0) is 17.3 Å². The van der Waals surface area contributed by atoms with E-state index in [1.807, 2.05) is 0 Å². The second-order valence-electron chi connectivity index (χ2n) is 4.52. The molecular weight excluding hydrogens is 355 g/mol. The van der Waals surface area contributed by atoms with Gasteiger partial charge in [-0.25, -0.2) is 0 Å². The van der Waals surface area contributed by atoms with Gasteiger partial charge in [-0.1, -0.05) is 43.1 Å². The Bertz CT molecular complexity index is 194. The van der Waals surface area contributed by atoms with E-state index >= 15 is 0 Å². The average molecular weight is 378 g/mol. The van der Waals surface area contributed by atoms with Gasteiger partial charge in [0.05, 0.1) is 8.07 Å². The van der Waals surface area contributed by atoms with Gasteiger partial charge < -0.3 is 0 Å². The van der Waals surface area contributed by atoms with Crippen molar-refractivity contribution in [1.29, 1.82) is 0 Å². The van der Waals surface area contributed by atoms with Crippen LogP contribution in [0.4, 0.5) is 0 Å². The molecular formula is C11H23PtSi. The summed E-state index contributed by atoms with van der Waals surface area (Å²) in [5.41, 5.74) is 0. The van der Waals surface area contributed by atoms with Crippen molar-refractivity contribution in [2.24, 2.45) is 0 Å². The van der Waals surface area contributed by atoms with Crippen LogP contribution < -0.4 is 0 Å². The monoisotopic (exact) mass is 378 g/mol. The molecule has 0 N–H and O–H groups in total. The van der Waals surface area contributed by atoms with Crippen LogP contribution in [0, 0.1) is 0 Å². The summed E-state index contributed by atoms with van der Waals surface area (Å²) in [6.45, 7) is 7.18. The van der Waals surface area contributed by atoms with Gasteiger partial charge in [0.15, 0.2) is 0 Å². The second kappa shape index (κ2) is 5.98. The fourth-order valence-corrected chi connectivity index (χ4v) is 2.33. The molecule has 0 aliphatic heterocycles. The van der Waals surface area contributed by atoms with Crippen LogP contribution in [0.3, 0.4) is 0 Å². The minimum absolute atomic E-state index is 0.269. The average Bonchev–Trinajstić information content (AvgIpc) is 2.31. The van der Waals surface area contributed by atoms with Crippen LogP contribution >= 0.6 is 0 Å². The summed E-state index contributed by atoms with van der Waals surface area (Å²) in [6.07, 6.45) is 7.92. The fourth-order valence-electron chi connectivity index (χ4n) is 1.00. The first-order valence-corrected chi connectivity index (χ1v) is 14.7. The summed E-state index contributed by atoms with van der Waals surface area (Å²) in [5, 5.41) is 8.66. The zero-order chi connectivity index (χ0) is 10.5. The van der Waals surface area contributed by atoms with E-state index in [1.165, 1.54) is 6.42 Å². The Morgan fingerprint density at radius 2 is 1.62 bits per heavy atom. The van der Waals surface area contributed by atoms with E-state index < -0.39 is 8.07 Å². The summed E-state index contributed by atoms with van der Waals surface area (Å²) in [7, 11) is -0.926. The molecule has 0 amide bonds. The molecule has 0 heterocycles. The molecule has 13 heavy (non-hydrogen) atoms. The first-order valence-electron chi connectivity index (χ1n) is 4.42. The van der Waals surface area contributed by atoms with Crippen LogP contribution in [0.2, 0.25) is 35.6 Å². The van der Waals surface area contributed by atoms with Gasteiger partial charge in [-0.05, 0) is 6.42 Å². The van der Waals surface area contributed by atoms with Crippen LogP contribution in [-0.4, -0.2) is 8.07 Å². The van der Waals surface area contributed by atoms with Crippen molar-refractivity contribution in [3.8, 4) is 0 Å². The van der Waals surface area contributed by atoms with Crippen molar-refractivity contribution >= 4 is 8.07 Å². The molecule has 1 rings (SSSR count). The van der Waals surface area contributed by atoms with Gasteiger partial charge in [-0.2, -0.15) is 0 Å². The maximum atomic E-state index is 2.39. The molecule has 0 bridgehead atoms. The van der Waals surface area contributed by atoms with E-state index in [2.05, 4.69) is 53.8 Å². The number of hydrogen-bond acceptors (Lipinski definition) is 0. The zero-order valence-electron chi connectivity index (χ0n) is 9.76. The first kappa shape index (κ1) is 13.4. The van der Waals surface area contributed by atoms with Crippen molar-refractivity contribution in [2.75, 3.05) is 0 Å². The fraction of sp³-hybridized carbons (Fsp3) is 0.636. The normalized spacial score (nSPS) is 16.2. The zero-order valence-corrected chi connectivity index (χ0v) is 13.0. The van der Waals surface area contributed by atoms with Crippen molar-refractivity contribution < 1.29 is 17.3 Å². The molecule has 0 fully saturated rings. The molecule has 0 aromatic carbocycles. The second-order valence-corrected chi connectivity index (χ2v) is 16.5. The van der Waals surface area contributed by atoms with Crippen molar-refractivity contribution in [2.45, 2.75) is 42.0 Å². The Morgan fingerprint density at radius 1 is 1.15 bits per heavy atom. The van der Waals surface area contributed by atoms with Crippen LogP contribution in [0.1, 0.15) is 6.42 Å². The third-order valence-electron chi connectivity index (χ3n) is 1.73. The van der Waals surface area contributed by atoms with E-state index in [1.54, 1.807) is 5.20 Å². The molecule has 81 valence electrons. The van der Waals surface area contributed by atoms with Gasteiger partial charge in [-0.3, -0.25) is 0 Å². The maximum absolute atomic E-state index is 2.39. The van der Waals surface area contributed by atoms with Crippen LogP contribution in [0.5, 0.6) is 0 Å². The first-order chi connectivity index (χ1) is 5.84. The summed E-state index contributed by atoms with van der Waals surface area (Å²) in [4.78, 5) is 0. The minimum atomic E-state index is -0.926. The standard InChI is InChI=1S/C8H14Si.3CH3.Pt/c1-9(2,3)8-6-4-5-7-8;;;;/h4-6H,7H2,1-3H3;3*1H3;. The molecule has 0 spiro atoms. The van der Waals surface area contributed by atoms with E-state index in [4.69, 9.17) is 0 Å². The predicted octanol–water partition coefficient (Wildman–Crippen LogP) is 4.50. The van der Waals surface area contributed by atoms with Gasteiger partial charge in [0.25, 0.3) is 0 Å². The number of rotatable bonds is 1. The quantitative estimate of drug-likeness (QED) is 0.590. The molecule has 0 saturated carbocycles. The Morgan fingerprint density at radius 3 is 1.77 bits per heavy atom. The summed E-state index contributed by atoms with van der Waals surface area (Å²) in [6, 6.07) is 0. The van der Waals surface area contributed by atoms with Crippen molar-refractivity contribution in [1.82, 2.24) is 0 Å². The Kier molecular flexibility index (Phi) is 6.16. The topological polar surface area (TPSA) is 0 Å². The molecule has 0 aromatic heterocycles. The van der Waals surface area contributed by atoms with Crippen LogP contribution in [0.15, 0.2) is 23.4 Å². The molecule has 2 heteroatoms. The van der Waals surface area contributed by atoms with E-state index in [0.717, 1.165) is 0 Å². The van der Waals surface area contributed by atoms with Gasteiger partial charge >= 0.3 is 33.3 Å². The van der Waals surface area contributed by atoms with E-state index in [9.17, 15) is 0 Å². The molecule has 1 aliphatic carbocycles. The SMILES string of the molecule is C[Si](C)(C)C1=CC=CC1.[CH3][Pt]([CH3])[CH3]. The van der Waals surface area contributed by atoms with Crippen LogP contribution in [0.25, 0.3) is 0 Å². The molecule has 0 radical (unpaired) electrons. The van der Waals surface area contributed by atoms with Crippen molar-refractivity contribution in [3.63, 3.8) is 0 Å². The number of allylic oxidation sites excluding steroid dienone is 4. The van der Waals surface area contributed by atoms with Gasteiger partial charge in [-0.15, -0.1) is 0 Å². The molecule has 0 aromatic rings. The molecule has 0 unspecified atom stereocenters. The predicted molar refractivity (Wildman–Crippen MR) is 62.8 cm³/mol. The van der Waals surface area contributed by atoms with Gasteiger partial charge in [0.1, 0.15) is 0 Å². The summed E-state index contributed by atoms with van der Waals surface area (Å²) in [5.74, 6) is 0. The van der Waals surface area contributed by atoms with Crippen molar-refractivity contribution in [3.05, 3.63) is 23.4 Å².